The van der Waals surface area contributed by atoms with E-state index in [2.05, 4.69) is 9.88 Å². The van der Waals surface area contributed by atoms with Crippen molar-refractivity contribution in [2.45, 2.75) is 26.8 Å². The first kappa shape index (κ1) is 25.3. The monoisotopic (exact) mass is 527 g/mol. The van der Waals surface area contributed by atoms with E-state index in [1.807, 2.05) is 68.6 Å². The quantitative estimate of drug-likeness (QED) is 0.180. The first-order chi connectivity index (χ1) is 18.3. The third-order valence-electron chi connectivity index (χ3n) is 6.44. The molecule has 3 aromatic carbocycles. The summed E-state index contributed by atoms with van der Waals surface area (Å²) in [6.45, 7) is 5.08. The first-order valence-electron chi connectivity index (χ1n) is 12.3. The van der Waals surface area contributed by atoms with E-state index >= 15 is 0 Å². The van der Waals surface area contributed by atoms with Gasteiger partial charge in [0.15, 0.2) is 0 Å². The number of aromatic nitrogens is 1. The van der Waals surface area contributed by atoms with Crippen molar-refractivity contribution in [1.29, 1.82) is 0 Å². The molecule has 7 nitrogen and oxygen atoms in total. The van der Waals surface area contributed by atoms with E-state index in [9.17, 15) is 14.4 Å². The van der Waals surface area contributed by atoms with E-state index in [0.29, 0.717) is 23.7 Å². The fourth-order valence-electron chi connectivity index (χ4n) is 4.47. The van der Waals surface area contributed by atoms with Crippen molar-refractivity contribution in [3.05, 3.63) is 100 Å². The maximum atomic E-state index is 13.4. The number of carbonyl (C=O) groups is 3. The standard InChI is InChI=1S/C30H26ClN3O4/c1-19-7-5-8-23(15-19)38-14-6-13-33-18-21(24-9-3-4-10-27(24)33)16-25-28(35)32-30(37)34(29(25)36)22-12-11-20(2)26(31)17-22/h3-5,7-12,15-18H,6,13-14H2,1-2H3,(H,32,35,37)/b25-16-. The van der Waals surface area contributed by atoms with Crippen LogP contribution in [0.5, 0.6) is 5.75 Å². The van der Waals surface area contributed by atoms with Gasteiger partial charge in [-0.05, 0) is 67.8 Å². The number of amides is 4. The molecule has 1 fully saturated rings. The Morgan fingerprint density at radius 1 is 0.974 bits per heavy atom. The highest BCUT2D eigenvalue weighted by atomic mass is 35.5. The molecule has 5 rings (SSSR count). The van der Waals surface area contributed by atoms with Crippen LogP contribution >= 0.6 is 11.6 Å². The van der Waals surface area contributed by atoms with Crippen molar-refractivity contribution in [2.24, 2.45) is 0 Å². The zero-order chi connectivity index (χ0) is 26.8. The van der Waals surface area contributed by atoms with Gasteiger partial charge in [0.2, 0.25) is 0 Å². The predicted octanol–water partition coefficient (Wildman–Crippen LogP) is 6.05. The van der Waals surface area contributed by atoms with E-state index in [1.54, 1.807) is 12.1 Å². The number of fused-ring (bicyclic) bond motifs is 1. The third-order valence-corrected chi connectivity index (χ3v) is 6.84. The molecule has 0 atom stereocenters. The van der Waals surface area contributed by atoms with Gasteiger partial charge in [0.05, 0.1) is 12.3 Å². The second-order valence-corrected chi connectivity index (χ2v) is 9.61. The lowest BCUT2D eigenvalue weighted by atomic mass is 10.1. The van der Waals surface area contributed by atoms with E-state index in [4.69, 9.17) is 16.3 Å². The minimum Gasteiger partial charge on any atom is -0.494 e. The number of rotatable bonds is 7. The van der Waals surface area contributed by atoms with Crippen LogP contribution in [-0.2, 0) is 16.1 Å². The van der Waals surface area contributed by atoms with Gasteiger partial charge in [0.25, 0.3) is 11.8 Å². The number of anilines is 1. The summed E-state index contributed by atoms with van der Waals surface area (Å²) in [5.41, 5.74) is 3.78. The Morgan fingerprint density at radius 3 is 2.58 bits per heavy atom. The van der Waals surface area contributed by atoms with Crippen LogP contribution in [-0.4, -0.2) is 29.0 Å². The normalized spacial score (nSPS) is 14.9. The zero-order valence-corrected chi connectivity index (χ0v) is 21.8. The Labute approximate surface area is 225 Å². The van der Waals surface area contributed by atoms with E-state index in [0.717, 1.165) is 39.1 Å². The van der Waals surface area contributed by atoms with Gasteiger partial charge in [0, 0.05) is 34.2 Å². The molecule has 192 valence electrons. The SMILES string of the molecule is Cc1cccc(OCCCn2cc(/C=C3/C(=O)NC(=O)N(c4ccc(C)c(Cl)c4)C3=O)c3ccccc32)c1. The lowest BCUT2D eigenvalue weighted by molar-refractivity contribution is -0.122. The van der Waals surface area contributed by atoms with Crippen LogP contribution in [0.15, 0.2) is 78.5 Å². The molecule has 38 heavy (non-hydrogen) atoms. The lowest BCUT2D eigenvalue weighted by Gasteiger charge is -2.26. The number of benzene rings is 3. The van der Waals surface area contributed by atoms with Gasteiger partial charge >= 0.3 is 6.03 Å². The summed E-state index contributed by atoms with van der Waals surface area (Å²) in [5.74, 6) is -0.608. The number of hydrogen-bond acceptors (Lipinski definition) is 4. The van der Waals surface area contributed by atoms with E-state index < -0.39 is 17.8 Å². The fraction of sp³-hybridized carbons (Fsp3) is 0.167. The number of urea groups is 1. The molecular formula is C30H26ClN3O4. The van der Waals surface area contributed by atoms with Crippen LogP contribution in [0.4, 0.5) is 10.5 Å². The Morgan fingerprint density at radius 2 is 1.79 bits per heavy atom. The summed E-state index contributed by atoms with van der Waals surface area (Å²) in [7, 11) is 0. The summed E-state index contributed by atoms with van der Waals surface area (Å²) in [6, 6.07) is 19.8. The Bertz CT molecular complexity index is 1600. The molecule has 0 spiro atoms. The van der Waals surface area contributed by atoms with Crippen LogP contribution in [0.1, 0.15) is 23.1 Å². The summed E-state index contributed by atoms with van der Waals surface area (Å²) in [5, 5.41) is 3.58. The molecule has 0 bridgehead atoms. The number of barbiturate groups is 1. The minimum absolute atomic E-state index is 0.132. The van der Waals surface area contributed by atoms with Crippen molar-refractivity contribution >= 4 is 52.1 Å². The molecule has 0 unspecified atom stereocenters. The molecule has 0 saturated carbocycles. The number of carbonyl (C=O) groups excluding carboxylic acids is 3. The molecule has 8 heteroatoms. The highest BCUT2D eigenvalue weighted by molar-refractivity contribution is 6.39. The molecule has 0 aliphatic carbocycles. The molecule has 1 aliphatic rings. The van der Waals surface area contributed by atoms with Gasteiger partial charge in [-0.3, -0.25) is 14.9 Å². The highest BCUT2D eigenvalue weighted by Gasteiger charge is 2.37. The lowest BCUT2D eigenvalue weighted by Crippen LogP contribution is -2.54. The van der Waals surface area contributed by atoms with Crippen LogP contribution < -0.4 is 15.0 Å². The summed E-state index contributed by atoms with van der Waals surface area (Å²) in [6.07, 6.45) is 4.21. The number of imide groups is 2. The zero-order valence-electron chi connectivity index (χ0n) is 21.0. The van der Waals surface area contributed by atoms with Crippen LogP contribution in [0, 0.1) is 13.8 Å². The third kappa shape index (κ3) is 5.06. The fourth-order valence-corrected chi connectivity index (χ4v) is 4.65. The van der Waals surface area contributed by atoms with Gasteiger partial charge in [-0.1, -0.05) is 48.0 Å². The molecule has 1 aromatic heterocycles. The van der Waals surface area contributed by atoms with Gasteiger partial charge in [-0.25, -0.2) is 9.69 Å². The van der Waals surface area contributed by atoms with E-state index in [1.165, 1.54) is 12.1 Å². The minimum atomic E-state index is -0.812. The molecular weight excluding hydrogens is 502 g/mol. The topological polar surface area (TPSA) is 80.6 Å². The number of aryl methyl sites for hydroxylation is 3. The number of nitrogens with one attached hydrogen (secondary N) is 1. The Kier molecular flexibility index (Phi) is 7.03. The van der Waals surface area contributed by atoms with E-state index in [-0.39, 0.29) is 11.3 Å². The van der Waals surface area contributed by atoms with Gasteiger partial charge in [-0.2, -0.15) is 0 Å². The summed E-state index contributed by atoms with van der Waals surface area (Å²) >= 11 is 6.22. The number of halogens is 1. The van der Waals surface area contributed by atoms with Gasteiger partial charge in [-0.15, -0.1) is 0 Å². The first-order valence-corrected chi connectivity index (χ1v) is 12.6. The van der Waals surface area contributed by atoms with Crippen molar-refractivity contribution in [3.8, 4) is 5.75 Å². The summed E-state index contributed by atoms with van der Waals surface area (Å²) < 4.78 is 7.97. The second-order valence-electron chi connectivity index (χ2n) is 9.20. The van der Waals surface area contributed by atoms with Crippen LogP contribution in [0.3, 0.4) is 0 Å². The molecule has 4 amide bonds. The Hall–Kier alpha value is -4.36. The van der Waals surface area contributed by atoms with Gasteiger partial charge < -0.3 is 9.30 Å². The van der Waals surface area contributed by atoms with Crippen molar-refractivity contribution in [1.82, 2.24) is 9.88 Å². The summed E-state index contributed by atoms with van der Waals surface area (Å²) in [4.78, 5) is 39.6. The number of nitrogens with zero attached hydrogens (tertiary/aromatic N) is 2. The molecule has 1 N–H and O–H groups in total. The van der Waals surface area contributed by atoms with Crippen LogP contribution in [0.2, 0.25) is 5.02 Å². The average Bonchev–Trinajstić information content (AvgIpc) is 3.24. The number of para-hydroxylation sites is 1. The average molecular weight is 528 g/mol. The smallest absolute Gasteiger partial charge is 0.335 e. The maximum Gasteiger partial charge on any atom is 0.335 e. The molecule has 1 aliphatic heterocycles. The maximum absolute atomic E-state index is 13.4. The van der Waals surface area contributed by atoms with Crippen molar-refractivity contribution in [3.63, 3.8) is 0 Å². The molecule has 0 radical (unpaired) electrons. The predicted molar refractivity (Wildman–Crippen MR) is 148 cm³/mol. The second kappa shape index (κ2) is 10.6. The largest absolute Gasteiger partial charge is 0.494 e. The number of hydrogen-bond donors (Lipinski definition) is 1. The molecule has 1 saturated heterocycles. The van der Waals surface area contributed by atoms with Crippen LogP contribution in [0.25, 0.3) is 17.0 Å². The Balaban J connectivity index is 1.41. The van der Waals surface area contributed by atoms with Crippen molar-refractivity contribution in [2.75, 3.05) is 11.5 Å². The molecule has 4 aromatic rings. The van der Waals surface area contributed by atoms with Crippen molar-refractivity contribution < 1.29 is 19.1 Å². The molecule has 2 heterocycles. The number of ether oxygens (including phenoxy) is 1. The van der Waals surface area contributed by atoms with Gasteiger partial charge in [0.1, 0.15) is 11.3 Å². The highest BCUT2D eigenvalue weighted by Crippen LogP contribution is 2.29.